The number of aryl methyl sites for hydroxylation is 2. The van der Waals surface area contributed by atoms with Gasteiger partial charge in [-0.1, -0.05) is 36.4 Å². The Labute approximate surface area is 367 Å². The first-order chi connectivity index (χ1) is 31.4. The van der Waals surface area contributed by atoms with Crippen LogP contribution in [0, 0.1) is 31.8 Å². The second-order valence-corrected chi connectivity index (χ2v) is 15.6. The highest BCUT2D eigenvalue weighted by Gasteiger charge is 2.17. The lowest BCUT2D eigenvalue weighted by molar-refractivity contribution is 0.483. The molecule has 0 radical (unpaired) electrons. The lowest BCUT2D eigenvalue weighted by atomic mass is 10.1. The summed E-state index contributed by atoms with van der Waals surface area (Å²) >= 11 is 0. The van der Waals surface area contributed by atoms with Crippen molar-refractivity contribution < 1.29 is 9.47 Å². The summed E-state index contributed by atoms with van der Waals surface area (Å²) in [6.07, 6.45) is 6.96. The Kier molecular flexibility index (Phi) is 9.11. The molecule has 0 aliphatic rings. The second kappa shape index (κ2) is 15.4. The molecule has 0 saturated heterocycles. The van der Waals surface area contributed by atoms with Gasteiger partial charge in [-0.3, -0.25) is 19.1 Å². The van der Waals surface area contributed by atoms with Crippen molar-refractivity contribution in [3.63, 3.8) is 0 Å². The van der Waals surface area contributed by atoms with E-state index in [2.05, 4.69) is 82.4 Å². The van der Waals surface area contributed by atoms with E-state index >= 15 is 0 Å². The molecule has 0 aliphatic heterocycles. The number of para-hydroxylation sites is 2. The quantitative estimate of drug-likeness (QED) is 0.140. The fourth-order valence-corrected chi connectivity index (χ4v) is 8.43. The number of hydrogen-bond donors (Lipinski definition) is 0. The van der Waals surface area contributed by atoms with Crippen LogP contribution in [0.15, 0.2) is 170 Å². The van der Waals surface area contributed by atoms with Crippen LogP contribution in [0.25, 0.3) is 82.6 Å². The van der Waals surface area contributed by atoms with E-state index in [0.717, 1.165) is 66.4 Å². The van der Waals surface area contributed by atoms with Crippen LogP contribution in [0.3, 0.4) is 0 Å². The number of fused-ring (bicyclic) bond motifs is 6. The van der Waals surface area contributed by atoms with Crippen LogP contribution < -0.4 is 9.47 Å². The number of aromatic nitrogens is 6. The Morgan fingerprint density at radius 2 is 1.00 bits per heavy atom. The Balaban J connectivity index is 0.896. The minimum atomic E-state index is 0.398. The molecule has 64 heavy (non-hydrogen) atoms. The maximum Gasteiger partial charge on any atom is 0.191 e. The lowest BCUT2D eigenvalue weighted by Crippen LogP contribution is -1.97. The summed E-state index contributed by atoms with van der Waals surface area (Å²) in [5.41, 5.74) is 9.47. The van der Waals surface area contributed by atoms with Gasteiger partial charge in [0.2, 0.25) is 0 Å². The first-order valence-corrected chi connectivity index (χ1v) is 20.6. The van der Waals surface area contributed by atoms with E-state index in [9.17, 15) is 5.26 Å². The van der Waals surface area contributed by atoms with Gasteiger partial charge in [-0.05, 0) is 128 Å². The highest BCUT2D eigenvalue weighted by molar-refractivity contribution is 6.10. The third-order valence-electron chi connectivity index (χ3n) is 11.3. The fourth-order valence-electron chi connectivity index (χ4n) is 8.43. The molecule has 0 amide bonds. The molecule has 10 heteroatoms. The van der Waals surface area contributed by atoms with Crippen LogP contribution in [0.2, 0.25) is 0 Å². The molecule has 11 aromatic rings. The second-order valence-electron chi connectivity index (χ2n) is 15.6. The van der Waals surface area contributed by atoms with E-state index in [0.29, 0.717) is 56.8 Å². The molecule has 0 spiro atoms. The van der Waals surface area contributed by atoms with Crippen molar-refractivity contribution in [2.75, 3.05) is 0 Å². The van der Waals surface area contributed by atoms with E-state index in [1.54, 1.807) is 36.7 Å². The average molecular weight is 827 g/mol. The number of rotatable bonds is 8. The van der Waals surface area contributed by atoms with Gasteiger partial charge in [-0.15, -0.1) is 0 Å². The number of nitriles is 1. The number of nitrogens with zero attached hydrogens (tertiary/aromatic N) is 8. The molecule has 5 heterocycles. The summed E-state index contributed by atoms with van der Waals surface area (Å²) in [7, 11) is 0. The molecule has 11 rings (SSSR count). The minimum Gasteiger partial charge on any atom is -0.459 e. The van der Waals surface area contributed by atoms with Gasteiger partial charge in [0.1, 0.15) is 34.6 Å². The van der Waals surface area contributed by atoms with Crippen molar-refractivity contribution in [1.82, 2.24) is 29.1 Å². The van der Waals surface area contributed by atoms with Gasteiger partial charge in [-0.2, -0.15) is 5.26 Å². The topological polar surface area (TPSA) is 108 Å². The molecule has 10 nitrogen and oxygen atoms in total. The van der Waals surface area contributed by atoms with Crippen molar-refractivity contribution in [1.29, 1.82) is 5.26 Å². The van der Waals surface area contributed by atoms with Crippen LogP contribution in [0.1, 0.15) is 16.7 Å². The van der Waals surface area contributed by atoms with Crippen LogP contribution in [-0.4, -0.2) is 29.1 Å². The Morgan fingerprint density at radius 3 is 1.50 bits per heavy atom. The normalized spacial score (nSPS) is 11.2. The number of hydrogen-bond acceptors (Lipinski definition) is 7. The maximum atomic E-state index is 10.0. The molecule has 0 bridgehead atoms. The summed E-state index contributed by atoms with van der Waals surface area (Å²) < 4.78 is 17.2. The van der Waals surface area contributed by atoms with Gasteiger partial charge in [-0.25, -0.2) is 14.8 Å². The smallest absolute Gasteiger partial charge is 0.191 e. The molecule has 0 unspecified atom stereocenters. The number of benzene rings is 6. The van der Waals surface area contributed by atoms with E-state index < -0.39 is 0 Å². The fraction of sp³-hybridized carbons (Fsp3) is 0.0370. The molecule has 302 valence electrons. The predicted octanol–water partition coefficient (Wildman–Crippen LogP) is 13.4. The first-order valence-electron chi connectivity index (χ1n) is 20.6. The predicted molar refractivity (Wildman–Crippen MR) is 251 cm³/mol. The summed E-state index contributed by atoms with van der Waals surface area (Å²) in [4.78, 5) is 22.7. The molecule has 0 fully saturated rings. The van der Waals surface area contributed by atoms with E-state index in [1.165, 1.54) is 0 Å². The van der Waals surface area contributed by atoms with Crippen molar-refractivity contribution in [2.24, 2.45) is 0 Å². The molecule has 5 aromatic heterocycles. The lowest BCUT2D eigenvalue weighted by Gasteiger charge is -2.12. The first kappa shape index (κ1) is 37.8. The molecular formula is C54H34N8O2. The zero-order chi connectivity index (χ0) is 43.3. The highest BCUT2D eigenvalue weighted by atomic mass is 16.5. The molecular weight excluding hydrogens is 793 g/mol. The maximum absolute atomic E-state index is 10.0. The van der Waals surface area contributed by atoms with Gasteiger partial charge in [0.25, 0.3) is 0 Å². The Morgan fingerprint density at radius 1 is 0.500 bits per heavy atom. The standard InChI is InChI=1S/C54H34N8O2/c1-33-16-18-57-53(20-33)61-49-10-6-4-8-43(49)45-14-12-39(28-51(45)61)63-41-23-35(30-55)22-36(25-41)47-31-60-48(32-59-47)37-24-38(56-3)27-42(26-37)64-40-13-15-46-44-9-5-7-11-50(44)62(52(46)29-40)54-21-34(2)17-19-58-54/h4-29,31-32H,1-2H3. The van der Waals surface area contributed by atoms with Crippen molar-refractivity contribution in [3.8, 4) is 63.2 Å². The Hall–Kier alpha value is -9.12. The van der Waals surface area contributed by atoms with Crippen LogP contribution in [0.5, 0.6) is 23.0 Å². The number of pyridine rings is 2. The molecule has 6 aromatic carbocycles. The summed E-state index contributed by atoms with van der Waals surface area (Å²) in [6, 6.07) is 49.6. The highest BCUT2D eigenvalue weighted by Crippen LogP contribution is 2.39. The summed E-state index contributed by atoms with van der Waals surface area (Å²) in [6.45, 7) is 12.0. The van der Waals surface area contributed by atoms with Gasteiger partial charge in [0.05, 0.1) is 64.1 Å². The van der Waals surface area contributed by atoms with Gasteiger partial charge < -0.3 is 9.47 Å². The molecule has 0 saturated carbocycles. The largest absolute Gasteiger partial charge is 0.459 e. The molecule has 0 aliphatic carbocycles. The monoisotopic (exact) mass is 826 g/mol. The van der Waals surface area contributed by atoms with Crippen LogP contribution >= 0.6 is 0 Å². The summed E-state index contributed by atoms with van der Waals surface area (Å²) in [5, 5.41) is 14.4. The van der Waals surface area contributed by atoms with Gasteiger partial charge in [0.15, 0.2) is 5.69 Å². The zero-order valence-corrected chi connectivity index (χ0v) is 34.6. The third kappa shape index (κ3) is 6.78. The van der Waals surface area contributed by atoms with Gasteiger partial charge in [0, 0.05) is 51.6 Å². The zero-order valence-electron chi connectivity index (χ0n) is 34.6. The van der Waals surface area contributed by atoms with E-state index in [4.69, 9.17) is 36.0 Å². The third-order valence-corrected chi connectivity index (χ3v) is 11.3. The minimum absolute atomic E-state index is 0.398. The SMILES string of the molecule is [C-]#[N+]c1cc(Oc2ccc3c4ccccc4n(-c4cc(C)ccn4)c3c2)cc(-c2cnc(-c3cc(C#N)cc(Oc4ccc5c6ccccc6n(-c6cc(C)ccn6)c5c4)c3)cn2)c1. The summed E-state index contributed by atoms with van der Waals surface area (Å²) in [5.74, 6) is 3.82. The molecule has 0 N–H and O–H groups in total. The van der Waals surface area contributed by atoms with E-state index in [1.807, 2.05) is 85.2 Å². The molecule has 0 atom stereocenters. The average Bonchev–Trinajstić information content (AvgIpc) is 3.83. The van der Waals surface area contributed by atoms with Crippen molar-refractivity contribution >= 4 is 49.3 Å². The Bertz CT molecular complexity index is 3500. The van der Waals surface area contributed by atoms with Crippen molar-refractivity contribution in [3.05, 3.63) is 198 Å². The van der Waals surface area contributed by atoms with E-state index in [-0.39, 0.29) is 0 Å². The van der Waals surface area contributed by atoms with Crippen molar-refractivity contribution in [2.45, 2.75) is 13.8 Å². The van der Waals surface area contributed by atoms with Crippen LogP contribution in [0.4, 0.5) is 5.69 Å². The number of ether oxygens (including phenoxy) is 2. The van der Waals surface area contributed by atoms with Crippen LogP contribution in [-0.2, 0) is 0 Å². The van der Waals surface area contributed by atoms with Gasteiger partial charge >= 0.3 is 0 Å².